The molecule has 1 N–H and O–H groups in total. The maximum atomic E-state index is 5.58. The van der Waals surface area contributed by atoms with Crippen LogP contribution >= 0.6 is 11.3 Å². The Morgan fingerprint density at radius 3 is 3.00 bits per heavy atom. The first-order valence-corrected chi connectivity index (χ1v) is 8.73. The van der Waals surface area contributed by atoms with Crippen LogP contribution in [0.2, 0.25) is 0 Å². The zero-order valence-electron chi connectivity index (χ0n) is 12.8. The van der Waals surface area contributed by atoms with Crippen LogP contribution in [0.3, 0.4) is 0 Å². The summed E-state index contributed by atoms with van der Waals surface area (Å²) >= 11 is 1.80. The maximum Gasteiger partial charge on any atom is 0.122 e. The van der Waals surface area contributed by atoms with E-state index < -0.39 is 0 Å². The first-order valence-electron chi connectivity index (χ1n) is 7.78. The SMILES string of the molecule is CCNC(CCc1ccc2c(c1)CCO2)c1cscc1C. The van der Waals surface area contributed by atoms with Gasteiger partial charge in [-0.15, -0.1) is 0 Å². The summed E-state index contributed by atoms with van der Waals surface area (Å²) in [6.07, 6.45) is 3.31. The second-order valence-corrected chi connectivity index (χ2v) is 6.44. The molecular formula is C18H23NOS. The van der Waals surface area contributed by atoms with E-state index in [2.05, 4.69) is 48.1 Å². The fourth-order valence-electron chi connectivity index (χ4n) is 3.05. The zero-order valence-corrected chi connectivity index (χ0v) is 13.6. The van der Waals surface area contributed by atoms with Crippen LogP contribution in [-0.2, 0) is 12.8 Å². The highest BCUT2D eigenvalue weighted by Crippen LogP contribution is 2.29. The van der Waals surface area contributed by atoms with Gasteiger partial charge >= 0.3 is 0 Å². The molecule has 1 aromatic carbocycles. The van der Waals surface area contributed by atoms with Crippen LogP contribution in [0, 0.1) is 6.92 Å². The molecule has 2 heterocycles. The highest BCUT2D eigenvalue weighted by molar-refractivity contribution is 7.08. The topological polar surface area (TPSA) is 21.3 Å². The smallest absolute Gasteiger partial charge is 0.122 e. The standard InChI is InChI=1S/C18H23NOS/c1-3-19-17(16-12-21-11-13(16)2)6-4-14-5-7-18-15(10-14)8-9-20-18/h5,7,10-12,17,19H,3-4,6,8-9H2,1-2H3. The number of hydrogen-bond donors (Lipinski definition) is 1. The van der Waals surface area contributed by atoms with E-state index in [1.54, 1.807) is 11.3 Å². The third-order valence-electron chi connectivity index (χ3n) is 4.20. The van der Waals surface area contributed by atoms with Crippen LogP contribution in [0.5, 0.6) is 5.75 Å². The molecule has 0 amide bonds. The Balaban J connectivity index is 1.68. The monoisotopic (exact) mass is 301 g/mol. The predicted molar refractivity (Wildman–Crippen MR) is 89.4 cm³/mol. The Morgan fingerprint density at radius 1 is 1.33 bits per heavy atom. The zero-order chi connectivity index (χ0) is 14.7. The van der Waals surface area contributed by atoms with Crippen LogP contribution in [0.1, 0.15) is 41.6 Å². The molecule has 1 aromatic heterocycles. The van der Waals surface area contributed by atoms with E-state index in [4.69, 9.17) is 4.74 Å². The molecule has 0 saturated heterocycles. The minimum Gasteiger partial charge on any atom is -0.493 e. The molecule has 0 fully saturated rings. The van der Waals surface area contributed by atoms with Crippen LogP contribution in [0.15, 0.2) is 29.0 Å². The molecule has 0 aliphatic carbocycles. The second-order valence-electron chi connectivity index (χ2n) is 5.70. The summed E-state index contributed by atoms with van der Waals surface area (Å²) < 4.78 is 5.58. The molecular weight excluding hydrogens is 278 g/mol. The van der Waals surface area contributed by atoms with Crippen molar-refractivity contribution in [2.75, 3.05) is 13.2 Å². The lowest BCUT2D eigenvalue weighted by molar-refractivity contribution is 0.357. The molecule has 2 aromatic rings. The lowest BCUT2D eigenvalue weighted by Crippen LogP contribution is -2.21. The molecule has 1 unspecified atom stereocenters. The van der Waals surface area contributed by atoms with Crippen LogP contribution in [0.25, 0.3) is 0 Å². The van der Waals surface area contributed by atoms with Gasteiger partial charge in [0.25, 0.3) is 0 Å². The number of thiophene rings is 1. The van der Waals surface area contributed by atoms with E-state index in [1.165, 1.54) is 22.3 Å². The molecule has 0 saturated carbocycles. The molecule has 112 valence electrons. The van der Waals surface area contributed by atoms with Crippen molar-refractivity contribution < 1.29 is 4.74 Å². The molecule has 3 rings (SSSR count). The fourth-order valence-corrected chi connectivity index (χ4v) is 3.95. The molecule has 1 atom stereocenters. The maximum absolute atomic E-state index is 5.58. The van der Waals surface area contributed by atoms with Crippen molar-refractivity contribution in [3.63, 3.8) is 0 Å². The molecule has 1 aliphatic rings. The highest BCUT2D eigenvalue weighted by Gasteiger charge is 2.15. The Labute approximate surface area is 131 Å². The summed E-state index contributed by atoms with van der Waals surface area (Å²) in [6, 6.07) is 7.14. The van der Waals surface area contributed by atoms with Gasteiger partial charge in [0.1, 0.15) is 5.75 Å². The van der Waals surface area contributed by atoms with Gasteiger partial charge in [-0.25, -0.2) is 0 Å². The molecule has 3 heteroatoms. The number of fused-ring (bicyclic) bond motifs is 1. The summed E-state index contributed by atoms with van der Waals surface area (Å²) in [5.74, 6) is 1.08. The fraction of sp³-hybridized carbons (Fsp3) is 0.444. The number of hydrogen-bond acceptors (Lipinski definition) is 3. The van der Waals surface area contributed by atoms with Gasteiger partial charge in [0.05, 0.1) is 6.61 Å². The van der Waals surface area contributed by atoms with E-state index in [9.17, 15) is 0 Å². The average Bonchev–Trinajstić information content (AvgIpc) is 3.11. The third kappa shape index (κ3) is 3.30. The van der Waals surface area contributed by atoms with Crippen molar-refractivity contribution in [1.82, 2.24) is 5.32 Å². The highest BCUT2D eigenvalue weighted by atomic mass is 32.1. The lowest BCUT2D eigenvalue weighted by Gasteiger charge is -2.18. The molecule has 0 spiro atoms. The van der Waals surface area contributed by atoms with Crippen LogP contribution in [0.4, 0.5) is 0 Å². The van der Waals surface area contributed by atoms with Gasteiger partial charge in [-0.2, -0.15) is 11.3 Å². The number of benzene rings is 1. The van der Waals surface area contributed by atoms with Crippen LogP contribution in [-0.4, -0.2) is 13.2 Å². The first kappa shape index (κ1) is 14.6. The third-order valence-corrected chi connectivity index (χ3v) is 5.08. The minimum absolute atomic E-state index is 0.464. The van der Waals surface area contributed by atoms with Gasteiger partial charge in [-0.05, 0) is 65.4 Å². The Bertz CT molecular complexity index is 605. The Kier molecular flexibility index (Phi) is 4.61. The number of nitrogens with one attached hydrogen (secondary N) is 1. The van der Waals surface area contributed by atoms with Crippen molar-refractivity contribution in [1.29, 1.82) is 0 Å². The van der Waals surface area contributed by atoms with Gasteiger partial charge in [0.15, 0.2) is 0 Å². The first-order chi connectivity index (χ1) is 10.3. The summed E-state index contributed by atoms with van der Waals surface area (Å²) in [4.78, 5) is 0. The normalized spacial score (nSPS) is 14.8. The second kappa shape index (κ2) is 6.63. The van der Waals surface area contributed by atoms with E-state index in [0.29, 0.717) is 6.04 Å². The lowest BCUT2D eigenvalue weighted by atomic mass is 9.97. The molecule has 0 bridgehead atoms. The van der Waals surface area contributed by atoms with E-state index in [1.807, 2.05) is 0 Å². The molecule has 0 radical (unpaired) electrons. The van der Waals surface area contributed by atoms with E-state index in [0.717, 1.165) is 38.2 Å². The summed E-state index contributed by atoms with van der Waals surface area (Å²) in [5.41, 5.74) is 5.67. The van der Waals surface area contributed by atoms with Gasteiger partial charge in [-0.3, -0.25) is 0 Å². The van der Waals surface area contributed by atoms with Gasteiger partial charge in [0.2, 0.25) is 0 Å². The van der Waals surface area contributed by atoms with E-state index in [-0.39, 0.29) is 0 Å². The Morgan fingerprint density at radius 2 is 2.24 bits per heavy atom. The van der Waals surface area contributed by atoms with Crippen molar-refractivity contribution in [2.24, 2.45) is 0 Å². The van der Waals surface area contributed by atoms with Crippen molar-refractivity contribution in [2.45, 2.75) is 39.2 Å². The van der Waals surface area contributed by atoms with E-state index >= 15 is 0 Å². The van der Waals surface area contributed by atoms with Gasteiger partial charge < -0.3 is 10.1 Å². The minimum atomic E-state index is 0.464. The number of aryl methyl sites for hydroxylation is 2. The van der Waals surface area contributed by atoms with Crippen molar-refractivity contribution in [3.8, 4) is 5.75 Å². The summed E-state index contributed by atoms with van der Waals surface area (Å²) in [5, 5.41) is 8.16. The Hall–Kier alpha value is -1.32. The van der Waals surface area contributed by atoms with Crippen molar-refractivity contribution in [3.05, 3.63) is 51.2 Å². The summed E-state index contributed by atoms with van der Waals surface area (Å²) in [6.45, 7) is 6.25. The predicted octanol–water partition coefficient (Wildman–Crippen LogP) is 4.27. The van der Waals surface area contributed by atoms with Crippen molar-refractivity contribution >= 4 is 11.3 Å². The molecule has 21 heavy (non-hydrogen) atoms. The number of ether oxygens (including phenoxy) is 1. The molecule has 1 aliphatic heterocycles. The summed E-state index contributed by atoms with van der Waals surface area (Å²) in [7, 11) is 0. The average molecular weight is 301 g/mol. The largest absolute Gasteiger partial charge is 0.493 e. The quantitative estimate of drug-likeness (QED) is 0.860. The molecule has 2 nitrogen and oxygen atoms in total. The number of rotatable bonds is 6. The van der Waals surface area contributed by atoms with Gasteiger partial charge in [-0.1, -0.05) is 19.1 Å². The van der Waals surface area contributed by atoms with Crippen LogP contribution < -0.4 is 10.1 Å². The van der Waals surface area contributed by atoms with Gasteiger partial charge in [0, 0.05) is 12.5 Å².